The van der Waals surface area contributed by atoms with Crippen LogP contribution in [0.3, 0.4) is 0 Å². The molecule has 1 N–H and O–H groups in total. The summed E-state index contributed by atoms with van der Waals surface area (Å²) < 4.78 is 0. The van der Waals surface area contributed by atoms with Crippen LogP contribution < -0.4 is 5.32 Å². The molecule has 0 atom stereocenters. The van der Waals surface area contributed by atoms with Gasteiger partial charge in [-0.05, 0) is 58.1 Å². The first kappa shape index (κ1) is 12.4. The van der Waals surface area contributed by atoms with Crippen molar-refractivity contribution in [3.05, 3.63) is 36.0 Å². The number of fused-ring (bicyclic) bond motifs is 1. The summed E-state index contributed by atoms with van der Waals surface area (Å²) in [4.78, 5) is 6.84. The van der Waals surface area contributed by atoms with Crippen molar-refractivity contribution in [3.63, 3.8) is 0 Å². The SMILES string of the molecule is Cc1ccc2nccc(NC3CCN(C)CC3)c2c1. The number of likely N-dealkylation sites (tertiary alicyclic amines) is 1. The minimum atomic E-state index is 0.585. The van der Waals surface area contributed by atoms with E-state index in [4.69, 9.17) is 0 Å². The second-order valence-electron chi connectivity index (χ2n) is 5.60. The van der Waals surface area contributed by atoms with Crippen LogP contribution in [0.2, 0.25) is 0 Å². The van der Waals surface area contributed by atoms with Crippen molar-refractivity contribution >= 4 is 16.6 Å². The fourth-order valence-electron chi connectivity index (χ4n) is 2.76. The van der Waals surface area contributed by atoms with Gasteiger partial charge in [-0.25, -0.2) is 0 Å². The zero-order valence-electron chi connectivity index (χ0n) is 11.7. The molecule has 0 saturated carbocycles. The largest absolute Gasteiger partial charge is 0.382 e. The Bertz CT molecular complexity index is 571. The number of hydrogen-bond acceptors (Lipinski definition) is 3. The molecule has 3 nitrogen and oxygen atoms in total. The molecular formula is C16H21N3. The Hall–Kier alpha value is -1.61. The highest BCUT2D eigenvalue weighted by Crippen LogP contribution is 2.25. The number of anilines is 1. The quantitative estimate of drug-likeness (QED) is 0.894. The zero-order valence-corrected chi connectivity index (χ0v) is 11.7. The molecule has 0 unspecified atom stereocenters. The summed E-state index contributed by atoms with van der Waals surface area (Å²) in [7, 11) is 2.20. The molecule has 0 amide bonds. The third kappa shape index (κ3) is 2.71. The van der Waals surface area contributed by atoms with E-state index in [1.165, 1.54) is 42.6 Å². The van der Waals surface area contributed by atoms with Gasteiger partial charge in [-0.2, -0.15) is 0 Å². The number of nitrogens with one attached hydrogen (secondary N) is 1. The molecule has 3 heteroatoms. The Balaban J connectivity index is 1.86. The fourth-order valence-corrected chi connectivity index (χ4v) is 2.76. The van der Waals surface area contributed by atoms with Crippen molar-refractivity contribution in [2.24, 2.45) is 0 Å². The van der Waals surface area contributed by atoms with Crippen molar-refractivity contribution in [1.82, 2.24) is 9.88 Å². The van der Waals surface area contributed by atoms with Crippen LogP contribution in [0.4, 0.5) is 5.69 Å². The number of rotatable bonds is 2. The number of pyridine rings is 1. The molecule has 19 heavy (non-hydrogen) atoms. The predicted octanol–water partition coefficient (Wildman–Crippen LogP) is 3.05. The zero-order chi connectivity index (χ0) is 13.2. The minimum Gasteiger partial charge on any atom is -0.382 e. The van der Waals surface area contributed by atoms with Gasteiger partial charge >= 0.3 is 0 Å². The van der Waals surface area contributed by atoms with Gasteiger partial charge in [0.2, 0.25) is 0 Å². The van der Waals surface area contributed by atoms with Crippen molar-refractivity contribution < 1.29 is 0 Å². The number of hydrogen-bond donors (Lipinski definition) is 1. The highest BCUT2D eigenvalue weighted by atomic mass is 15.1. The lowest BCUT2D eigenvalue weighted by Crippen LogP contribution is -2.36. The Morgan fingerprint density at radius 2 is 2.00 bits per heavy atom. The van der Waals surface area contributed by atoms with E-state index in [2.05, 4.69) is 53.4 Å². The lowest BCUT2D eigenvalue weighted by molar-refractivity contribution is 0.264. The molecule has 1 saturated heterocycles. The predicted molar refractivity (Wildman–Crippen MR) is 80.6 cm³/mol. The van der Waals surface area contributed by atoms with Crippen molar-refractivity contribution in [2.75, 3.05) is 25.5 Å². The third-order valence-corrected chi connectivity index (χ3v) is 3.98. The Labute approximate surface area is 114 Å². The van der Waals surface area contributed by atoms with Gasteiger partial charge in [0.25, 0.3) is 0 Å². The molecule has 0 spiro atoms. The Morgan fingerprint density at radius 1 is 1.21 bits per heavy atom. The van der Waals surface area contributed by atoms with Crippen LogP contribution in [0.15, 0.2) is 30.5 Å². The third-order valence-electron chi connectivity index (χ3n) is 3.98. The molecule has 3 rings (SSSR count). The van der Waals surface area contributed by atoms with Crippen LogP contribution in [0.1, 0.15) is 18.4 Å². The van der Waals surface area contributed by atoms with Gasteiger partial charge in [0.05, 0.1) is 5.52 Å². The molecule has 1 aliphatic heterocycles. The van der Waals surface area contributed by atoms with E-state index < -0.39 is 0 Å². The number of nitrogens with zero attached hydrogens (tertiary/aromatic N) is 2. The van der Waals surface area contributed by atoms with Crippen LogP contribution in [0, 0.1) is 6.92 Å². The van der Waals surface area contributed by atoms with Crippen LogP contribution in [-0.4, -0.2) is 36.1 Å². The summed E-state index contributed by atoms with van der Waals surface area (Å²) in [6.45, 7) is 4.49. The van der Waals surface area contributed by atoms with Crippen molar-refractivity contribution in [2.45, 2.75) is 25.8 Å². The van der Waals surface area contributed by atoms with Crippen LogP contribution in [0.5, 0.6) is 0 Å². The second kappa shape index (κ2) is 5.17. The lowest BCUT2D eigenvalue weighted by Gasteiger charge is -2.30. The number of piperidine rings is 1. The maximum atomic E-state index is 4.44. The Morgan fingerprint density at radius 3 is 2.79 bits per heavy atom. The number of aromatic nitrogens is 1. The smallest absolute Gasteiger partial charge is 0.0722 e. The van der Waals surface area contributed by atoms with E-state index in [0.717, 1.165) is 5.52 Å². The monoisotopic (exact) mass is 255 g/mol. The Kier molecular flexibility index (Phi) is 3.38. The maximum absolute atomic E-state index is 4.44. The summed E-state index contributed by atoms with van der Waals surface area (Å²) >= 11 is 0. The molecule has 1 aromatic carbocycles. The molecule has 1 aromatic heterocycles. The standard InChI is InChI=1S/C16H21N3/c1-12-3-4-15-14(11-12)16(5-8-17-15)18-13-6-9-19(2)10-7-13/h3-5,8,11,13H,6-7,9-10H2,1-2H3,(H,17,18). The summed E-state index contributed by atoms with van der Waals surface area (Å²) in [5, 5.41) is 4.94. The fraction of sp³-hybridized carbons (Fsp3) is 0.438. The highest BCUT2D eigenvalue weighted by Gasteiger charge is 2.17. The maximum Gasteiger partial charge on any atom is 0.0722 e. The molecule has 100 valence electrons. The molecule has 1 aliphatic rings. The molecule has 0 radical (unpaired) electrons. The summed E-state index contributed by atoms with van der Waals surface area (Å²) in [6, 6.07) is 9.13. The van der Waals surface area contributed by atoms with Crippen molar-refractivity contribution in [1.29, 1.82) is 0 Å². The summed E-state index contributed by atoms with van der Waals surface area (Å²) in [5.41, 5.74) is 3.58. The normalized spacial score (nSPS) is 17.8. The molecule has 2 aromatic rings. The summed E-state index contributed by atoms with van der Waals surface area (Å²) in [5.74, 6) is 0. The first-order chi connectivity index (χ1) is 9.22. The van der Waals surface area contributed by atoms with E-state index in [1.807, 2.05) is 6.20 Å². The summed E-state index contributed by atoms with van der Waals surface area (Å²) in [6.07, 6.45) is 4.33. The molecule has 2 heterocycles. The molecule has 0 bridgehead atoms. The van der Waals surface area contributed by atoms with E-state index in [9.17, 15) is 0 Å². The van der Waals surface area contributed by atoms with Gasteiger partial charge < -0.3 is 10.2 Å². The van der Waals surface area contributed by atoms with E-state index in [1.54, 1.807) is 0 Å². The van der Waals surface area contributed by atoms with Crippen LogP contribution in [-0.2, 0) is 0 Å². The van der Waals surface area contributed by atoms with E-state index >= 15 is 0 Å². The number of aryl methyl sites for hydroxylation is 1. The van der Waals surface area contributed by atoms with Gasteiger partial charge in [0, 0.05) is 23.3 Å². The number of benzene rings is 1. The topological polar surface area (TPSA) is 28.2 Å². The first-order valence-corrected chi connectivity index (χ1v) is 7.03. The van der Waals surface area contributed by atoms with Gasteiger partial charge in [-0.15, -0.1) is 0 Å². The van der Waals surface area contributed by atoms with Gasteiger partial charge in [0.15, 0.2) is 0 Å². The first-order valence-electron chi connectivity index (χ1n) is 7.03. The van der Waals surface area contributed by atoms with Gasteiger partial charge in [-0.1, -0.05) is 11.6 Å². The molecule has 0 aliphatic carbocycles. The second-order valence-corrected chi connectivity index (χ2v) is 5.60. The average Bonchev–Trinajstić information content (AvgIpc) is 2.42. The van der Waals surface area contributed by atoms with E-state index in [0.29, 0.717) is 6.04 Å². The van der Waals surface area contributed by atoms with Gasteiger partial charge in [0.1, 0.15) is 0 Å². The lowest BCUT2D eigenvalue weighted by atomic mass is 10.0. The molecular weight excluding hydrogens is 234 g/mol. The van der Waals surface area contributed by atoms with Gasteiger partial charge in [-0.3, -0.25) is 4.98 Å². The van der Waals surface area contributed by atoms with Crippen LogP contribution >= 0.6 is 0 Å². The molecule has 1 fully saturated rings. The van der Waals surface area contributed by atoms with Crippen molar-refractivity contribution in [3.8, 4) is 0 Å². The van der Waals surface area contributed by atoms with Crippen LogP contribution in [0.25, 0.3) is 10.9 Å². The van der Waals surface area contributed by atoms with E-state index in [-0.39, 0.29) is 0 Å². The highest BCUT2D eigenvalue weighted by molar-refractivity contribution is 5.91. The average molecular weight is 255 g/mol. The minimum absolute atomic E-state index is 0.585.